The van der Waals surface area contributed by atoms with Gasteiger partial charge < -0.3 is 34.7 Å². The third kappa shape index (κ3) is 9.62. The minimum Gasteiger partial charge on any atom is -0.493 e. The molecule has 1 aliphatic heterocycles. The summed E-state index contributed by atoms with van der Waals surface area (Å²) < 4.78 is 57.4. The van der Waals surface area contributed by atoms with Crippen LogP contribution in [0.4, 0.5) is 18.9 Å². The number of carboxylic acid groups (broad SMARTS) is 2. The quantitative estimate of drug-likeness (QED) is 0.144. The zero-order valence-electron chi connectivity index (χ0n) is 24.1. The van der Waals surface area contributed by atoms with Crippen LogP contribution < -0.4 is 20.3 Å². The third-order valence-corrected chi connectivity index (χ3v) is 6.55. The number of benzene rings is 1. The van der Waals surface area contributed by atoms with Crippen molar-refractivity contribution in [1.82, 2.24) is 19.7 Å². The molecule has 1 saturated heterocycles. The average molecular weight is 646 g/mol. The van der Waals surface area contributed by atoms with Gasteiger partial charge in [-0.05, 0) is 6.07 Å². The molecule has 0 atom stereocenters. The van der Waals surface area contributed by atoms with E-state index in [0.29, 0.717) is 0 Å². The number of methoxy groups -OCH3 is 2. The molecule has 16 nitrogen and oxygen atoms in total. The summed E-state index contributed by atoms with van der Waals surface area (Å²) in [4.78, 5) is 77.6. The molecule has 246 valence electrons. The number of carbonyl (C=O) groups is 5. The van der Waals surface area contributed by atoms with Gasteiger partial charge in [-0.3, -0.25) is 43.5 Å². The Balaban J connectivity index is 1.80. The molecule has 4 N–H and O–H groups in total. The van der Waals surface area contributed by atoms with Crippen molar-refractivity contribution < 1.29 is 61.6 Å². The summed E-state index contributed by atoms with van der Waals surface area (Å²) in [6.45, 7) is -2.70. The zero-order chi connectivity index (χ0) is 33.5. The number of aromatic amines is 1. The predicted molar refractivity (Wildman–Crippen MR) is 147 cm³/mol. The second-order valence-electron chi connectivity index (χ2n) is 9.83. The SMILES string of the molecule is COc1cc2[nH]c(=O)c(NC(=O)CN(CCN(CCN3CC(=O)OC(=O)C3)CC(=O)O)CC(=O)O)c(C(F)(F)F)c2cc1OC. The second kappa shape index (κ2) is 14.8. The summed E-state index contributed by atoms with van der Waals surface area (Å²) in [5.41, 5.74) is -4.12. The van der Waals surface area contributed by atoms with Crippen molar-refractivity contribution >= 4 is 46.4 Å². The van der Waals surface area contributed by atoms with Gasteiger partial charge >= 0.3 is 30.1 Å². The van der Waals surface area contributed by atoms with Crippen molar-refractivity contribution in [2.75, 3.05) is 78.4 Å². The van der Waals surface area contributed by atoms with E-state index in [9.17, 15) is 52.2 Å². The standard InChI is InChI=1S/C26H30F3N5O11/c1-43-16-7-14-15(8-17(16)44-2)30-25(42)24(23(14)26(27,28)29)31-18(35)9-33(11-20(38)39)5-3-32(10-19(36)37)4-6-34-12-21(40)45-22(41)13-34/h7-8H,3-6,9-13H2,1-2H3,(H,30,42)(H,31,35)(H,36,37)(H,38,39). The lowest BCUT2D eigenvalue weighted by atomic mass is 10.1. The van der Waals surface area contributed by atoms with Crippen LogP contribution >= 0.6 is 0 Å². The van der Waals surface area contributed by atoms with E-state index in [1.807, 2.05) is 5.32 Å². The Labute approximate surface area is 252 Å². The van der Waals surface area contributed by atoms with Gasteiger partial charge in [0.25, 0.3) is 5.56 Å². The molecular weight excluding hydrogens is 615 g/mol. The second-order valence-corrected chi connectivity index (χ2v) is 9.83. The van der Waals surface area contributed by atoms with Crippen molar-refractivity contribution in [3.05, 3.63) is 28.0 Å². The number of carboxylic acids is 2. The van der Waals surface area contributed by atoms with Crippen LogP contribution in [0.3, 0.4) is 0 Å². The van der Waals surface area contributed by atoms with Crippen LogP contribution in [-0.4, -0.2) is 133 Å². The van der Waals surface area contributed by atoms with E-state index in [1.54, 1.807) is 0 Å². The number of fused-ring (bicyclic) bond motifs is 1. The number of hydrogen-bond acceptors (Lipinski definition) is 12. The van der Waals surface area contributed by atoms with Gasteiger partial charge in [-0.2, -0.15) is 13.2 Å². The number of hydrogen-bond donors (Lipinski definition) is 4. The number of alkyl halides is 3. The zero-order valence-corrected chi connectivity index (χ0v) is 24.1. The first-order valence-electron chi connectivity index (χ1n) is 13.1. The van der Waals surface area contributed by atoms with Crippen LogP contribution in [0.15, 0.2) is 16.9 Å². The highest BCUT2D eigenvalue weighted by Gasteiger charge is 2.38. The molecular formula is C26H30F3N5O11. The molecule has 45 heavy (non-hydrogen) atoms. The molecule has 19 heteroatoms. The number of halogens is 3. The number of pyridine rings is 1. The lowest BCUT2D eigenvalue weighted by Crippen LogP contribution is -2.48. The molecule has 1 aromatic heterocycles. The van der Waals surface area contributed by atoms with E-state index >= 15 is 0 Å². The van der Waals surface area contributed by atoms with E-state index in [1.165, 1.54) is 24.0 Å². The van der Waals surface area contributed by atoms with Gasteiger partial charge in [-0.1, -0.05) is 0 Å². The summed E-state index contributed by atoms with van der Waals surface area (Å²) in [5.74, 6) is -5.36. The Bertz CT molecular complexity index is 1510. The molecule has 1 fully saturated rings. The van der Waals surface area contributed by atoms with Crippen LogP contribution in [0.25, 0.3) is 10.9 Å². The Hall–Kier alpha value is -4.75. The van der Waals surface area contributed by atoms with Gasteiger partial charge in [0, 0.05) is 37.6 Å². The van der Waals surface area contributed by atoms with Crippen molar-refractivity contribution in [2.45, 2.75) is 6.18 Å². The topological polar surface area (TPSA) is 208 Å². The predicted octanol–water partition coefficient (Wildman–Crippen LogP) is -0.339. The maximum Gasteiger partial charge on any atom is 0.419 e. The van der Waals surface area contributed by atoms with Crippen LogP contribution in [0.5, 0.6) is 11.5 Å². The molecule has 1 aromatic carbocycles. The normalized spacial score (nSPS) is 14.1. The van der Waals surface area contributed by atoms with Gasteiger partial charge in [-0.25, -0.2) is 0 Å². The molecule has 0 bridgehead atoms. The number of esters is 2. The Morgan fingerprint density at radius 3 is 2.04 bits per heavy atom. The minimum atomic E-state index is -5.12. The number of aromatic nitrogens is 1. The molecule has 0 aliphatic carbocycles. The van der Waals surface area contributed by atoms with Crippen molar-refractivity contribution in [1.29, 1.82) is 0 Å². The molecule has 3 rings (SSSR count). The minimum absolute atomic E-state index is 0.0234. The average Bonchev–Trinajstić information content (AvgIpc) is 2.92. The van der Waals surface area contributed by atoms with E-state index in [-0.39, 0.29) is 56.3 Å². The van der Waals surface area contributed by atoms with E-state index < -0.39 is 77.8 Å². The molecule has 0 saturated carbocycles. The fraction of sp³-hybridized carbons (Fsp3) is 0.462. The molecule has 2 aromatic rings. The molecule has 0 unspecified atom stereocenters. The van der Waals surface area contributed by atoms with Crippen LogP contribution in [0.1, 0.15) is 5.56 Å². The summed E-state index contributed by atoms with van der Waals surface area (Å²) in [6.07, 6.45) is -5.12. The molecule has 2 heterocycles. The maximum atomic E-state index is 14.3. The van der Waals surface area contributed by atoms with Crippen molar-refractivity contribution in [3.63, 3.8) is 0 Å². The summed E-state index contributed by atoms with van der Waals surface area (Å²) in [6, 6.07) is 2.11. The molecule has 0 spiro atoms. The van der Waals surface area contributed by atoms with Gasteiger partial charge in [0.15, 0.2) is 11.5 Å². The Kier molecular flexibility index (Phi) is 11.4. The summed E-state index contributed by atoms with van der Waals surface area (Å²) >= 11 is 0. The highest BCUT2D eigenvalue weighted by molar-refractivity contribution is 5.97. The third-order valence-electron chi connectivity index (χ3n) is 6.55. The molecule has 0 radical (unpaired) electrons. The first-order valence-corrected chi connectivity index (χ1v) is 13.1. The van der Waals surface area contributed by atoms with Crippen LogP contribution in [-0.2, 0) is 34.9 Å². The first-order chi connectivity index (χ1) is 21.1. The van der Waals surface area contributed by atoms with Crippen LogP contribution in [0.2, 0.25) is 0 Å². The van der Waals surface area contributed by atoms with E-state index in [0.717, 1.165) is 17.0 Å². The monoisotopic (exact) mass is 645 g/mol. The number of nitrogens with zero attached hydrogens (tertiary/aromatic N) is 3. The number of ether oxygens (including phenoxy) is 3. The van der Waals surface area contributed by atoms with Crippen LogP contribution in [0, 0.1) is 0 Å². The number of aliphatic carboxylic acids is 2. The highest BCUT2D eigenvalue weighted by Crippen LogP contribution is 2.41. The molecule has 1 aliphatic rings. The van der Waals surface area contributed by atoms with Gasteiger partial charge in [0.1, 0.15) is 5.69 Å². The Morgan fingerprint density at radius 1 is 0.933 bits per heavy atom. The number of morpholine rings is 1. The fourth-order valence-corrected chi connectivity index (χ4v) is 4.62. The smallest absolute Gasteiger partial charge is 0.419 e. The lowest BCUT2D eigenvalue weighted by Gasteiger charge is -2.29. The number of H-pyrrole nitrogens is 1. The lowest BCUT2D eigenvalue weighted by molar-refractivity contribution is -0.167. The number of rotatable bonds is 15. The Morgan fingerprint density at radius 2 is 1.49 bits per heavy atom. The van der Waals surface area contributed by atoms with Crippen molar-refractivity contribution in [2.24, 2.45) is 0 Å². The van der Waals surface area contributed by atoms with E-state index in [2.05, 4.69) is 9.72 Å². The van der Waals surface area contributed by atoms with Gasteiger partial charge in [-0.15, -0.1) is 0 Å². The maximum absolute atomic E-state index is 14.3. The highest BCUT2D eigenvalue weighted by atomic mass is 19.4. The number of cyclic esters (lactones) is 2. The largest absolute Gasteiger partial charge is 0.493 e. The number of amides is 1. The van der Waals surface area contributed by atoms with Crippen molar-refractivity contribution in [3.8, 4) is 11.5 Å². The summed E-state index contributed by atoms with van der Waals surface area (Å²) in [5, 5.41) is 20.1. The molecule has 1 amide bonds. The van der Waals surface area contributed by atoms with Gasteiger partial charge in [0.05, 0.1) is 58.0 Å². The van der Waals surface area contributed by atoms with Gasteiger partial charge in [0.2, 0.25) is 5.91 Å². The first kappa shape index (κ1) is 34.7. The number of anilines is 1. The summed E-state index contributed by atoms with van der Waals surface area (Å²) in [7, 11) is 2.45. The number of carbonyl (C=O) groups excluding carboxylic acids is 3. The van der Waals surface area contributed by atoms with E-state index in [4.69, 9.17) is 9.47 Å². The number of nitrogens with one attached hydrogen (secondary N) is 2. The fourth-order valence-electron chi connectivity index (χ4n) is 4.62.